The first-order valence-corrected chi connectivity index (χ1v) is 14.0. The van der Waals surface area contributed by atoms with Gasteiger partial charge in [-0.1, -0.05) is 6.07 Å². The van der Waals surface area contributed by atoms with Gasteiger partial charge in [0.15, 0.2) is 0 Å². The number of amides is 4. The van der Waals surface area contributed by atoms with Gasteiger partial charge in [-0.25, -0.2) is 4.79 Å². The first-order valence-electron chi connectivity index (χ1n) is 14.0. The zero-order valence-corrected chi connectivity index (χ0v) is 24.0. The number of carbonyl (C=O) groups is 4. The molecule has 3 atom stereocenters. The molecule has 4 amide bonds. The van der Waals surface area contributed by atoms with Gasteiger partial charge in [-0.15, -0.1) is 12.3 Å². The maximum absolute atomic E-state index is 13.4. The average molecular weight is 555 g/mol. The molecule has 1 fully saturated rings. The maximum Gasteiger partial charge on any atom is 0.408 e. The van der Waals surface area contributed by atoms with E-state index in [-0.39, 0.29) is 37.6 Å². The molecular formula is C30H42N4O6. The Morgan fingerprint density at radius 1 is 1.23 bits per heavy atom. The Kier molecular flexibility index (Phi) is 10.8. The number of terminal acetylenes is 1. The number of nitrogens with one attached hydrogen (secondary N) is 3. The molecule has 0 saturated carbocycles. The van der Waals surface area contributed by atoms with E-state index in [9.17, 15) is 19.2 Å². The van der Waals surface area contributed by atoms with Crippen LogP contribution in [0.4, 0.5) is 4.79 Å². The third kappa shape index (κ3) is 9.47. The molecule has 10 heteroatoms. The van der Waals surface area contributed by atoms with E-state index in [1.807, 2.05) is 25.1 Å². The summed E-state index contributed by atoms with van der Waals surface area (Å²) in [6, 6.07) is 3.57. The molecule has 0 aliphatic carbocycles. The van der Waals surface area contributed by atoms with Crippen molar-refractivity contribution < 1.29 is 28.7 Å². The lowest BCUT2D eigenvalue weighted by Gasteiger charge is -2.34. The second-order valence-corrected chi connectivity index (χ2v) is 11.5. The number of hydrogen-bond donors (Lipinski definition) is 3. The van der Waals surface area contributed by atoms with Crippen LogP contribution in [-0.2, 0) is 25.7 Å². The average Bonchev–Trinajstić information content (AvgIpc) is 2.89. The van der Waals surface area contributed by atoms with Crippen molar-refractivity contribution in [3.63, 3.8) is 0 Å². The highest BCUT2D eigenvalue weighted by molar-refractivity contribution is 5.94. The van der Waals surface area contributed by atoms with E-state index in [4.69, 9.17) is 15.9 Å². The largest absolute Gasteiger partial charge is 0.494 e. The molecule has 3 rings (SSSR count). The Hall–Kier alpha value is -3.74. The number of rotatable bonds is 3. The summed E-state index contributed by atoms with van der Waals surface area (Å²) in [5.74, 6) is 2.15. The van der Waals surface area contributed by atoms with Crippen LogP contribution < -0.4 is 20.7 Å². The normalized spacial score (nSPS) is 22.9. The number of aryl methyl sites for hydroxylation is 1. The number of piperidine rings is 1. The molecule has 3 N–H and O–H groups in total. The summed E-state index contributed by atoms with van der Waals surface area (Å²) in [5, 5.41) is 8.13. The van der Waals surface area contributed by atoms with Crippen molar-refractivity contribution in [3.8, 4) is 18.1 Å². The lowest BCUT2D eigenvalue weighted by molar-refractivity contribution is -0.137. The monoisotopic (exact) mass is 554 g/mol. The van der Waals surface area contributed by atoms with Crippen molar-refractivity contribution in [1.82, 2.24) is 20.9 Å². The van der Waals surface area contributed by atoms with Crippen molar-refractivity contribution in [2.45, 2.75) is 90.4 Å². The van der Waals surface area contributed by atoms with Gasteiger partial charge in [0.05, 0.1) is 13.0 Å². The van der Waals surface area contributed by atoms with Crippen LogP contribution >= 0.6 is 0 Å². The third-order valence-corrected chi connectivity index (χ3v) is 7.04. The van der Waals surface area contributed by atoms with Crippen LogP contribution in [0.15, 0.2) is 18.2 Å². The highest BCUT2D eigenvalue weighted by Crippen LogP contribution is 2.23. The lowest BCUT2D eigenvalue weighted by Crippen LogP contribution is -2.55. The van der Waals surface area contributed by atoms with Gasteiger partial charge in [0.1, 0.15) is 23.4 Å². The first-order chi connectivity index (χ1) is 18.9. The topological polar surface area (TPSA) is 126 Å². The number of hydrogen-bond acceptors (Lipinski definition) is 6. The summed E-state index contributed by atoms with van der Waals surface area (Å²) in [5.41, 5.74) is 1.09. The van der Waals surface area contributed by atoms with E-state index in [0.29, 0.717) is 25.4 Å². The first kappa shape index (κ1) is 30.8. The van der Waals surface area contributed by atoms with Gasteiger partial charge in [0.25, 0.3) is 0 Å². The molecule has 1 saturated heterocycles. The molecule has 0 spiro atoms. The number of carbonyl (C=O) groups excluding carboxylic acids is 4. The van der Waals surface area contributed by atoms with Gasteiger partial charge in [-0.05, 0) is 82.6 Å². The highest BCUT2D eigenvalue weighted by atomic mass is 16.6. The summed E-state index contributed by atoms with van der Waals surface area (Å²) >= 11 is 0. The minimum absolute atomic E-state index is 0.192. The predicted molar refractivity (Wildman–Crippen MR) is 150 cm³/mol. The summed E-state index contributed by atoms with van der Waals surface area (Å²) < 4.78 is 11.4. The number of benzene rings is 1. The standard InChI is InChI=1S/C30H42N4O6/c1-6-7-10-24-27(36)31-18-22-16-23(12-11-20(22)2)39-15-13-21-9-8-14-34(19-21)26(35)17-25(28(37)32-24)33-29(38)40-30(3,4)5/h1,11-12,16,21,24-25H,7-10,13-15,17-19H2,2-5H3,(H,31,36)(H,32,37)(H,33,38)/t21?,24-,25-/m0/s1. The van der Waals surface area contributed by atoms with E-state index >= 15 is 0 Å². The van der Waals surface area contributed by atoms with E-state index in [1.165, 1.54) is 0 Å². The number of alkyl carbamates (subject to hydrolysis) is 1. The molecule has 0 aromatic heterocycles. The molecule has 40 heavy (non-hydrogen) atoms. The van der Waals surface area contributed by atoms with Gasteiger partial charge < -0.3 is 30.3 Å². The predicted octanol–water partition coefficient (Wildman–Crippen LogP) is 2.81. The fourth-order valence-corrected chi connectivity index (χ4v) is 4.84. The molecule has 1 aromatic rings. The van der Waals surface area contributed by atoms with E-state index in [2.05, 4.69) is 21.9 Å². The molecular weight excluding hydrogens is 512 g/mol. The fourth-order valence-electron chi connectivity index (χ4n) is 4.84. The smallest absolute Gasteiger partial charge is 0.408 e. The third-order valence-electron chi connectivity index (χ3n) is 7.04. The molecule has 1 aromatic carbocycles. The Morgan fingerprint density at radius 2 is 2.00 bits per heavy atom. The van der Waals surface area contributed by atoms with Gasteiger partial charge in [0.2, 0.25) is 17.7 Å². The minimum atomic E-state index is -1.23. The number of ether oxygens (including phenoxy) is 2. The van der Waals surface area contributed by atoms with E-state index in [1.54, 1.807) is 25.7 Å². The Bertz CT molecular complexity index is 1120. The van der Waals surface area contributed by atoms with E-state index < -0.39 is 35.6 Å². The van der Waals surface area contributed by atoms with Crippen LogP contribution in [0.5, 0.6) is 5.75 Å². The van der Waals surface area contributed by atoms with Crippen molar-refractivity contribution in [1.29, 1.82) is 0 Å². The highest BCUT2D eigenvalue weighted by Gasteiger charge is 2.32. The molecule has 218 valence electrons. The van der Waals surface area contributed by atoms with Crippen LogP contribution in [0.25, 0.3) is 0 Å². The minimum Gasteiger partial charge on any atom is -0.494 e. The quantitative estimate of drug-likeness (QED) is 0.494. The van der Waals surface area contributed by atoms with Gasteiger partial charge in [-0.3, -0.25) is 14.4 Å². The SMILES string of the molecule is C#CCC[C@@H]1NC(=O)[C@@H](NC(=O)OC(C)(C)C)CC(=O)N2CCCC(CCOc3ccc(C)c(c3)CNC1=O)C2. The van der Waals surface area contributed by atoms with Gasteiger partial charge in [0, 0.05) is 26.1 Å². The van der Waals surface area contributed by atoms with Crippen LogP contribution in [0.2, 0.25) is 0 Å². The van der Waals surface area contributed by atoms with Crippen LogP contribution in [0.3, 0.4) is 0 Å². The second-order valence-electron chi connectivity index (χ2n) is 11.5. The van der Waals surface area contributed by atoms with Crippen LogP contribution in [-0.4, -0.2) is 66.1 Å². The maximum atomic E-state index is 13.4. The van der Waals surface area contributed by atoms with Crippen LogP contribution in [0.1, 0.15) is 70.4 Å². The zero-order chi connectivity index (χ0) is 29.3. The molecule has 4 bridgehead atoms. The van der Waals surface area contributed by atoms with Crippen molar-refractivity contribution in [2.75, 3.05) is 19.7 Å². The van der Waals surface area contributed by atoms with E-state index in [0.717, 1.165) is 30.4 Å². The summed E-state index contributed by atoms with van der Waals surface area (Å²) in [7, 11) is 0. The molecule has 2 aliphatic rings. The lowest BCUT2D eigenvalue weighted by atomic mass is 9.94. The van der Waals surface area contributed by atoms with Crippen molar-refractivity contribution >= 4 is 23.8 Å². The number of nitrogens with zero attached hydrogens (tertiary/aromatic N) is 1. The summed E-state index contributed by atoms with van der Waals surface area (Å²) in [4.78, 5) is 54.3. The Balaban J connectivity index is 1.88. The fraction of sp³-hybridized carbons (Fsp3) is 0.600. The van der Waals surface area contributed by atoms with Gasteiger partial charge >= 0.3 is 6.09 Å². The Labute approximate surface area is 236 Å². The van der Waals surface area contributed by atoms with Crippen molar-refractivity contribution in [2.24, 2.45) is 5.92 Å². The van der Waals surface area contributed by atoms with Crippen LogP contribution in [0, 0.1) is 25.2 Å². The summed E-state index contributed by atoms with van der Waals surface area (Å²) in [6.45, 7) is 8.93. The Morgan fingerprint density at radius 3 is 2.73 bits per heavy atom. The molecule has 2 aliphatic heterocycles. The molecule has 1 unspecified atom stereocenters. The van der Waals surface area contributed by atoms with Crippen molar-refractivity contribution in [3.05, 3.63) is 29.3 Å². The summed E-state index contributed by atoms with van der Waals surface area (Å²) in [6.07, 6.45) is 7.40. The second kappa shape index (κ2) is 14.1. The zero-order valence-electron chi connectivity index (χ0n) is 24.0. The number of fused-ring (bicyclic) bond motifs is 4. The molecule has 2 heterocycles. The molecule has 10 nitrogen and oxygen atoms in total. The molecule has 0 radical (unpaired) electrons. The van der Waals surface area contributed by atoms with Gasteiger partial charge in [-0.2, -0.15) is 0 Å².